The number of benzene rings is 1. The Balaban J connectivity index is 1.47. The Morgan fingerprint density at radius 2 is 2.00 bits per heavy atom. The number of carboxylic acid groups (broad SMARTS) is 1. The van der Waals surface area contributed by atoms with E-state index >= 15 is 0 Å². The summed E-state index contributed by atoms with van der Waals surface area (Å²) in [6.07, 6.45) is 1.71. The van der Waals surface area contributed by atoms with Crippen LogP contribution >= 0.6 is 34.9 Å². The fraction of sp³-hybridized carbons (Fsp3) is 0.200. The van der Waals surface area contributed by atoms with Gasteiger partial charge in [-0.25, -0.2) is 4.72 Å². The molecular weight excluding hydrogens is 535 g/mol. The number of pyridine rings is 1. The zero-order chi connectivity index (χ0) is 24.7. The number of rotatable bonds is 8. The number of hydrogen-bond acceptors (Lipinski definition) is 7. The number of carbonyl (C=O) groups is 1. The molecule has 1 saturated carbocycles. The first-order chi connectivity index (χ1) is 15.9. The van der Waals surface area contributed by atoms with Gasteiger partial charge in [0, 0.05) is 17.8 Å². The Hall–Kier alpha value is -2.32. The molecule has 3 aromatic rings. The third-order valence-electron chi connectivity index (χ3n) is 5.08. The largest absolute Gasteiger partial charge is 0.516 e. The van der Waals surface area contributed by atoms with Crippen molar-refractivity contribution < 1.29 is 31.5 Å². The minimum absolute atomic E-state index is 0.182. The molecule has 2 aromatic heterocycles. The molecule has 1 fully saturated rings. The van der Waals surface area contributed by atoms with E-state index in [1.165, 1.54) is 34.4 Å². The van der Waals surface area contributed by atoms with Crippen LogP contribution in [0.25, 0.3) is 10.6 Å². The van der Waals surface area contributed by atoms with Gasteiger partial charge in [-0.2, -0.15) is 21.6 Å². The van der Waals surface area contributed by atoms with Crippen LogP contribution in [0.5, 0.6) is 0 Å². The van der Waals surface area contributed by atoms with Crippen molar-refractivity contribution in [2.75, 3.05) is 4.72 Å². The lowest BCUT2D eigenvalue weighted by Crippen LogP contribution is -2.36. The van der Waals surface area contributed by atoms with E-state index in [9.17, 15) is 31.5 Å². The Kier molecular flexibility index (Phi) is 6.59. The molecule has 0 saturated heterocycles. The number of anilines is 1. The molecule has 3 N–H and O–H groups in total. The molecule has 14 heteroatoms. The van der Waals surface area contributed by atoms with E-state index in [4.69, 9.17) is 11.6 Å². The highest BCUT2D eigenvalue weighted by molar-refractivity contribution is 7.99. The van der Waals surface area contributed by atoms with Crippen LogP contribution in [0.15, 0.2) is 58.9 Å². The number of alkyl halides is 3. The maximum absolute atomic E-state index is 12.7. The number of aliphatic carboxylic acids is 1. The molecule has 0 bridgehead atoms. The number of thiophene rings is 1. The molecule has 1 aliphatic rings. The van der Waals surface area contributed by atoms with Crippen LogP contribution in [0.2, 0.25) is 5.02 Å². The van der Waals surface area contributed by atoms with Gasteiger partial charge >= 0.3 is 21.5 Å². The van der Waals surface area contributed by atoms with Crippen molar-refractivity contribution in [2.24, 2.45) is 0 Å². The summed E-state index contributed by atoms with van der Waals surface area (Å²) in [6, 6.07) is 12.4. The minimum Gasteiger partial charge on any atom is -0.480 e. The molecule has 180 valence electrons. The fourth-order valence-corrected chi connectivity index (χ4v) is 5.94. The highest BCUT2D eigenvalue weighted by Crippen LogP contribution is 2.53. The summed E-state index contributed by atoms with van der Waals surface area (Å²) in [7, 11) is -5.58. The summed E-state index contributed by atoms with van der Waals surface area (Å²) in [4.78, 5) is 17.1. The molecule has 34 heavy (non-hydrogen) atoms. The second-order valence-electron chi connectivity index (χ2n) is 7.39. The lowest BCUT2D eigenvalue weighted by Gasteiger charge is -2.15. The third kappa shape index (κ3) is 5.03. The van der Waals surface area contributed by atoms with E-state index in [0.717, 1.165) is 32.8 Å². The second-order valence-corrected chi connectivity index (χ2v) is 11.7. The van der Waals surface area contributed by atoms with Gasteiger partial charge in [0.25, 0.3) is 0 Å². The molecule has 0 spiro atoms. The van der Waals surface area contributed by atoms with Crippen LogP contribution in [0.3, 0.4) is 0 Å². The molecular formula is C20H15ClF3N3O4S3. The van der Waals surface area contributed by atoms with Gasteiger partial charge in [0.15, 0.2) is 0 Å². The van der Waals surface area contributed by atoms with Crippen LogP contribution in [-0.2, 0) is 14.8 Å². The van der Waals surface area contributed by atoms with Gasteiger partial charge in [0.2, 0.25) is 0 Å². The number of nitrogens with one attached hydrogen (secondary N) is 2. The van der Waals surface area contributed by atoms with Gasteiger partial charge in [-0.15, -0.1) is 11.3 Å². The summed E-state index contributed by atoms with van der Waals surface area (Å²) in [5.41, 5.74) is -6.00. The van der Waals surface area contributed by atoms with E-state index < -0.39 is 33.0 Å². The van der Waals surface area contributed by atoms with E-state index in [-0.39, 0.29) is 12.1 Å². The Morgan fingerprint density at radius 3 is 2.65 bits per heavy atom. The number of halogens is 4. The quantitative estimate of drug-likeness (QED) is 0.326. The summed E-state index contributed by atoms with van der Waals surface area (Å²) in [5, 5.41) is 10.3. The molecule has 2 heterocycles. The predicted molar refractivity (Wildman–Crippen MR) is 124 cm³/mol. The zero-order valence-electron chi connectivity index (χ0n) is 16.8. The Bertz CT molecular complexity index is 1330. The van der Waals surface area contributed by atoms with Crippen molar-refractivity contribution in [3.05, 3.63) is 65.3 Å². The van der Waals surface area contributed by atoms with Crippen LogP contribution in [0.4, 0.5) is 18.9 Å². The summed E-state index contributed by atoms with van der Waals surface area (Å²) < 4.78 is 66.0. The average Bonchev–Trinajstić information content (AvgIpc) is 3.33. The number of hydrogen-bond donors (Lipinski definition) is 3. The summed E-state index contributed by atoms with van der Waals surface area (Å²) in [6.45, 7) is 0. The standard InChI is InChI=1S/C20H15ClF3N3O4S3/c21-12-4-5-15(25-10-12)16-6-7-17(32-16)33-27-19(18(28)29)9-14(19)11-2-1-3-13(8-11)26-34(30,31)20(22,23)24/h1-8,10,14,26-27H,9H2,(H,28,29). The van der Waals surface area contributed by atoms with E-state index in [0.29, 0.717) is 10.6 Å². The van der Waals surface area contributed by atoms with E-state index in [1.54, 1.807) is 18.2 Å². The molecule has 0 radical (unpaired) electrons. The number of carboxylic acids is 1. The normalized spacial score (nSPS) is 20.2. The topological polar surface area (TPSA) is 108 Å². The number of sulfonamides is 1. The van der Waals surface area contributed by atoms with Crippen molar-refractivity contribution >= 4 is 56.6 Å². The number of nitrogens with zero attached hydrogens (tertiary/aromatic N) is 1. The predicted octanol–water partition coefficient (Wildman–Crippen LogP) is 5.33. The van der Waals surface area contributed by atoms with Gasteiger partial charge in [0.05, 0.1) is 19.8 Å². The molecule has 4 rings (SSSR count). The van der Waals surface area contributed by atoms with Crippen molar-refractivity contribution in [3.63, 3.8) is 0 Å². The highest BCUT2D eigenvalue weighted by atomic mass is 35.5. The maximum Gasteiger partial charge on any atom is 0.516 e. The van der Waals surface area contributed by atoms with Gasteiger partial charge in [-0.05, 0) is 60.3 Å². The smallest absolute Gasteiger partial charge is 0.480 e. The van der Waals surface area contributed by atoms with Crippen LogP contribution < -0.4 is 9.44 Å². The van der Waals surface area contributed by atoms with Gasteiger partial charge in [-0.3, -0.25) is 14.5 Å². The van der Waals surface area contributed by atoms with Gasteiger partial charge in [0.1, 0.15) is 5.54 Å². The third-order valence-corrected chi connectivity index (χ3v) is 8.63. The maximum atomic E-state index is 12.7. The van der Waals surface area contributed by atoms with E-state index in [1.807, 2.05) is 12.1 Å². The molecule has 2 atom stereocenters. The summed E-state index contributed by atoms with van der Waals surface area (Å²) >= 11 is 8.38. The van der Waals surface area contributed by atoms with Crippen molar-refractivity contribution in [1.29, 1.82) is 0 Å². The lowest BCUT2D eigenvalue weighted by atomic mass is 10.1. The van der Waals surface area contributed by atoms with Crippen LogP contribution in [0.1, 0.15) is 17.9 Å². The minimum atomic E-state index is -5.58. The van der Waals surface area contributed by atoms with Crippen molar-refractivity contribution in [2.45, 2.75) is 27.6 Å². The SMILES string of the molecule is O=C(O)C1(NSc2ccc(-c3ccc(Cl)cn3)s2)CC1c1cccc(NS(=O)(=O)C(F)(F)F)c1. The molecule has 2 unspecified atom stereocenters. The molecule has 7 nitrogen and oxygen atoms in total. The number of aromatic nitrogens is 1. The van der Waals surface area contributed by atoms with Crippen molar-refractivity contribution in [1.82, 2.24) is 9.71 Å². The second kappa shape index (κ2) is 9.04. The highest BCUT2D eigenvalue weighted by Gasteiger charge is 2.61. The molecule has 0 amide bonds. The first-order valence-corrected chi connectivity index (χ1v) is 13.0. The molecule has 1 aromatic carbocycles. The van der Waals surface area contributed by atoms with Gasteiger partial charge in [-0.1, -0.05) is 23.7 Å². The lowest BCUT2D eigenvalue weighted by molar-refractivity contribution is -0.140. The zero-order valence-corrected chi connectivity index (χ0v) is 20.0. The van der Waals surface area contributed by atoms with Crippen molar-refractivity contribution in [3.8, 4) is 10.6 Å². The first kappa shape index (κ1) is 24.8. The molecule has 0 aliphatic heterocycles. The fourth-order valence-electron chi connectivity index (χ4n) is 3.27. The van der Waals surface area contributed by atoms with Crippen LogP contribution in [0, 0.1) is 0 Å². The first-order valence-electron chi connectivity index (χ1n) is 9.49. The van der Waals surface area contributed by atoms with Crippen LogP contribution in [-0.4, -0.2) is 35.5 Å². The molecule has 1 aliphatic carbocycles. The van der Waals surface area contributed by atoms with Gasteiger partial charge < -0.3 is 5.11 Å². The Labute approximate surface area is 205 Å². The summed E-state index contributed by atoms with van der Waals surface area (Å²) in [5.74, 6) is -1.69. The average molecular weight is 550 g/mol. The Morgan fingerprint density at radius 1 is 1.24 bits per heavy atom. The van der Waals surface area contributed by atoms with E-state index in [2.05, 4.69) is 9.71 Å². The monoisotopic (exact) mass is 549 g/mol.